The predicted octanol–water partition coefficient (Wildman–Crippen LogP) is 4.12. The van der Waals surface area contributed by atoms with E-state index in [2.05, 4.69) is 63.0 Å². The Morgan fingerprint density at radius 3 is 2.40 bits per heavy atom. The standard InChI is InChI=1S/C18H30N2/c1-14-8-10-20(11-9-14)17-7-6-16(15(2)12-17)13-19-18(3,4)5/h6-7,12,14,19H,8-11,13H2,1-5H3. The van der Waals surface area contributed by atoms with Crippen molar-refractivity contribution >= 4 is 5.69 Å². The summed E-state index contributed by atoms with van der Waals surface area (Å²) in [6, 6.07) is 6.94. The first-order valence-corrected chi connectivity index (χ1v) is 7.95. The third kappa shape index (κ3) is 4.24. The molecule has 2 nitrogen and oxygen atoms in total. The Balaban J connectivity index is 2.02. The van der Waals surface area contributed by atoms with Crippen LogP contribution >= 0.6 is 0 Å². The quantitative estimate of drug-likeness (QED) is 0.892. The zero-order valence-electron chi connectivity index (χ0n) is 13.8. The molecule has 2 rings (SSSR count). The molecule has 0 aromatic heterocycles. The minimum absolute atomic E-state index is 0.175. The average molecular weight is 274 g/mol. The number of piperidine rings is 1. The minimum Gasteiger partial charge on any atom is -0.372 e. The lowest BCUT2D eigenvalue weighted by molar-refractivity contribution is 0.423. The van der Waals surface area contributed by atoms with E-state index in [9.17, 15) is 0 Å². The number of nitrogens with zero attached hydrogens (tertiary/aromatic N) is 1. The van der Waals surface area contributed by atoms with E-state index in [1.807, 2.05) is 0 Å². The van der Waals surface area contributed by atoms with E-state index >= 15 is 0 Å². The van der Waals surface area contributed by atoms with Crippen molar-refractivity contribution in [3.63, 3.8) is 0 Å². The zero-order chi connectivity index (χ0) is 14.8. The van der Waals surface area contributed by atoms with Crippen LogP contribution in [0.3, 0.4) is 0 Å². The summed E-state index contributed by atoms with van der Waals surface area (Å²) >= 11 is 0. The first-order chi connectivity index (χ1) is 9.35. The van der Waals surface area contributed by atoms with Crippen LogP contribution in [0.1, 0.15) is 51.7 Å². The maximum absolute atomic E-state index is 3.57. The van der Waals surface area contributed by atoms with Gasteiger partial charge in [0.25, 0.3) is 0 Å². The zero-order valence-corrected chi connectivity index (χ0v) is 13.8. The van der Waals surface area contributed by atoms with Crippen LogP contribution in [-0.2, 0) is 6.54 Å². The summed E-state index contributed by atoms with van der Waals surface area (Å²) < 4.78 is 0. The van der Waals surface area contributed by atoms with E-state index < -0.39 is 0 Å². The highest BCUT2D eigenvalue weighted by Crippen LogP contribution is 2.25. The number of aryl methyl sites for hydroxylation is 1. The molecule has 0 amide bonds. The second-order valence-electron chi connectivity index (χ2n) is 7.38. The maximum Gasteiger partial charge on any atom is 0.0369 e. The molecule has 20 heavy (non-hydrogen) atoms. The molecule has 0 saturated carbocycles. The van der Waals surface area contributed by atoms with Crippen LogP contribution in [0.5, 0.6) is 0 Å². The van der Waals surface area contributed by atoms with Gasteiger partial charge in [0.2, 0.25) is 0 Å². The lowest BCUT2D eigenvalue weighted by Crippen LogP contribution is -2.35. The van der Waals surface area contributed by atoms with Crippen LogP contribution in [0, 0.1) is 12.8 Å². The van der Waals surface area contributed by atoms with Crippen molar-refractivity contribution in [1.29, 1.82) is 0 Å². The van der Waals surface area contributed by atoms with Gasteiger partial charge in [-0.05, 0) is 69.7 Å². The summed E-state index contributed by atoms with van der Waals surface area (Å²) in [5, 5.41) is 3.57. The van der Waals surface area contributed by atoms with Crippen molar-refractivity contribution in [3.8, 4) is 0 Å². The van der Waals surface area contributed by atoms with E-state index in [4.69, 9.17) is 0 Å². The molecule has 0 spiro atoms. The molecule has 1 aromatic rings. The lowest BCUT2D eigenvalue weighted by atomic mass is 9.98. The highest BCUT2D eigenvalue weighted by atomic mass is 15.1. The van der Waals surface area contributed by atoms with Crippen LogP contribution in [0.25, 0.3) is 0 Å². The number of rotatable bonds is 3. The van der Waals surface area contributed by atoms with Gasteiger partial charge in [-0.25, -0.2) is 0 Å². The van der Waals surface area contributed by atoms with Gasteiger partial charge in [-0.3, -0.25) is 0 Å². The summed E-state index contributed by atoms with van der Waals surface area (Å²) in [5.41, 5.74) is 4.38. The third-order valence-electron chi connectivity index (χ3n) is 4.28. The second-order valence-corrected chi connectivity index (χ2v) is 7.38. The van der Waals surface area contributed by atoms with Crippen LogP contribution in [-0.4, -0.2) is 18.6 Å². The Hall–Kier alpha value is -1.02. The van der Waals surface area contributed by atoms with Gasteiger partial charge in [0.05, 0.1) is 0 Å². The number of benzene rings is 1. The SMILES string of the molecule is Cc1cc(N2CCC(C)CC2)ccc1CNC(C)(C)C. The lowest BCUT2D eigenvalue weighted by Gasteiger charge is -2.32. The molecule has 0 bridgehead atoms. The first kappa shape index (κ1) is 15.4. The van der Waals surface area contributed by atoms with Gasteiger partial charge >= 0.3 is 0 Å². The highest BCUT2D eigenvalue weighted by molar-refractivity contribution is 5.51. The van der Waals surface area contributed by atoms with E-state index in [-0.39, 0.29) is 5.54 Å². The fraction of sp³-hybridized carbons (Fsp3) is 0.667. The van der Waals surface area contributed by atoms with Crippen molar-refractivity contribution in [2.45, 2.75) is 59.5 Å². The molecule has 2 heteroatoms. The molecule has 1 fully saturated rings. The van der Waals surface area contributed by atoms with Crippen molar-refractivity contribution < 1.29 is 0 Å². The van der Waals surface area contributed by atoms with Crippen molar-refractivity contribution in [3.05, 3.63) is 29.3 Å². The normalized spacial score (nSPS) is 17.6. The van der Waals surface area contributed by atoms with Gasteiger partial charge < -0.3 is 10.2 Å². The Morgan fingerprint density at radius 2 is 1.85 bits per heavy atom. The topological polar surface area (TPSA) is 15.3 Å². The summed E-state index contributed by atoms with van der Waals surface area (Å²) in [5.74, 6) is 0.891. The minimum atomic E-state index is 0.175. The summed E-state index contributed by atoms with van der Waals surface area (Å²) in [6.45, 7) is 14.6. The van der Waals surface area contributed by atoms with Gasteiger partial charge in [0.1, 0.15) is 0 Å². The molecule has 0 aliphatic carbocycles. The largest absolute Gasteiger partial charge is 0.372 e. The fourth-order valence-electron chi connectivity index (χ4n) is 2.70. The smallest absolute Gasteiger partial charge is 0.0369 e. The van der Waals surface area contributed by atoms with Crippen molar-refractivity contribution in [1.82, 2.24) is 5.32 Å². The van der Waals surface area contributed by atoms with Crippen LogP contribution in [0.2, 0.25) is 0 Å². The molecule has 1 N–H and O–H groups in total. The summed E-state index contributed by atoms with van der Waals surface area (Å²) in [4.78, 5) is 2.54. The molecule has 1 heterocycles. The van der Waals surface area contributed by atoms with Crippen molar-refractivity contribution in [2.75, 3.05) is 18.0 Å². The van der Waals surface area contributed by atoms with Crippen LogP contribution < -0.4 is 10.2 Å². The third-order valence-corrected chi connectivity index (χ3v) is 4.28. The molecule has 0 radical (unpaired) electrons. The number of nitrogens with one attached hydrogen (secondary N) is 1. The van der Waals surface area contributed by atoms with Gasteiger partial charge in [-0.1, -0.05) is 13.0 Å². The Bertz CT molecular complexity index is 437. The molecular weight excluding hydrogens is 244 g/mol. The van der Waals surface area contributed by atoms with E-state index in [1.165, 1.54) is 42.7 Å². The van der Waals surface area contributed by atoms with E-state index in [0.717, 1.165) is 12.5 Å². The van der Waals surface area contributed by atoms with Crippen LogP contribution in [0.15, 0.2) is 18.2 Å². The number of hydrogen-bond donors (Lipinski definition) is 1. The molecule has 1 aromatic carbocycles. The second kappa shape index (κ2) is 6.17. The Labute approximate surface area is 124 Å². The molecule has 0 atom stereocenters. The van der Waals surface area contributed by atoms with Gasteiger partial charge in [0, 0.05) is 30.9 Å². The van der Waals surface area contributed by atoms with Crippen molar-refractivity contribution in [2.24, 2.45) is 5.92 Å². The van der Waals surface area contributed by atoms with Gasteiger partial charge in [-0.15, -0.1) is 0 Å². The van der Waals surface area contributed by atoms with Gasteiger partial charge in [-0.2, -0.15) is 0 Å². The Morgan fingerprint density at radius 1 is 1.20 bits per heavy atom. The molecule has 1 aliphatic rings. The van der Waals surface area contributed by atoms with Gasteiger partial charge in [0.15, 0.2) is 0 Å². The average Bonchev–Trinajstić information content (AvgIpc) is 2.37. The molecule has 1 aliphatic heterocycles. The number of anilines is 1. The fourth-order valence-corrected chi connectivity index (χ4v) is 2.70. The molecular formula is C18H30N2. The van der Waals surface area contributed by atoms with E-state index in [0.29, 0.717) is 0 Å². The monoisotopic (exact) mass is 274 g/mol. The first-order valence-electron chi connectivity index (χ1n) is 7.95. The van der Waals surface area contributed by atoms with E-state index in [1.54, 1.807) is 0 Å². The molecule has 0 unspecified atom stereocenters. The molecule has 112 valence electrons. The molecule has 1 saturated heterocycles. The van der Waals surface area contributed by atoms with Crippen LogP contribution in [0.4, 0.5) is 5.69 Å². The summed E-state index contributed by atoms with van der Waals surface area (Å²) in [6.07, 6.45) is 2.65. The maximum atomic E-state index is 3.57. The summed E-state index contributed by atoms with van der Waals surface area (Å²) in [7, 11) is 0. The number of hydrogen-bond acceptors (Lipinski definition) is 2. The predicted molar refractivity (Wildman–Crippen MR) is 88.4 cm³/mol. The highest BCUT2D eigenvalue weighted by Gasteiger charge is 2.16. The Kier molecular flexibility index (Phi) is 4.74.